The Bertz CT molecular complexity index is 534. The lowest BCUT2D eigenvalue weighted by molar-refractivity contribution is -0.127. The standard InChI is InChI=1S/C15H21N3O3/c1-10-8-15(9-10,13(16)18-21)14(20)17-12-4-2-11(3-5-12)6-7-19/h2-5,10,19,21H,6-9H2,1H3,(H2,16,18)(H,17,20). The van der Waals surface area contributed by atoms with Crippen LogP contribution in [-0.4, -0.2) is 28.7 Å². The van der Waals surface area contributed by atoms with E-state index < -0.39 is 5.41 Å². The fourth-order valence-electron chi connectivity index (χ4n) is 2.87. The molecule has 6 heteroatoms. The maximum atomic E-state index is 12.5. The lowest BCUT2D eigenvalue weighted by Crippen LogP contribution is -2.54. The van der Waals surface area contributed by atoms with Gasteiger partial charge in [0.15, 0.2) is 5.84 Å². The molecule has 21 heavy (non-hydrogen) atoms. The SMILES string of the molecule is CC1CC(C(=O)Nc2ccc(CCO)cc2)(/C(N)=N/O)C1. The van der Waals surface area contributed by atoms with Gasteiger partial charge in [-0.2, -0.15) is 0 Å². The van der Waals surface area contributed by atoms with E-state index >= 15 is 0 Å². The predicted octanol–water partition coefficient (Wildman–Crippen LogP) is 1.32. The van der Waals surface area contributed by atoms with Gasteiger partial charge in [-0.1, -0.05) is 24.2 Å². The van der Waals surface area contributed by atoms with Crippen LogP contribution < -0.4 is 11.1 Å². The average Bonchev–Trinajstić information content (AvgIpc) is 2.45. The monoisotopic (exact) mass is 291 g/mol. The molecular weight excluding hydrogens is 270 g/mol. The third-order valence-electron chi connectivity index (χ3n) is 4.04. The highest BCUT2D eigenvalue weighted by Gasteiger charge is 2.52. The number of oxime groups is 1. The number of aliphatic hydroxyl groups is 1. The topological polar surface area (TPSA) is 108 Å². The molecule has 0 aliphatic heterocycles. The Balaban J connectivity index is 2.09. The Labute approximate surface area is 123 Å². The molecule has 0 radical (unpaired) electrons. The quantitative estimate of drug-likeness (QED) is 0.284. The summed E-state index contributed by atoms with van der Waals surface area (Å²) in [5.41, 5.74) is 6.46. The van der Waals surface area contributed by atoms with Gasteiger partial charge in [-0.05, 0) is 42.9 Å². The van der Waals surface area contributed by atoms with E-state index in [1.807, 2.05) is 19.1 Å². The number of carbonyl (C=O) groups is 1. The fourth-order valence-corrected chi connectivity index (χ4v) is 2.87. The van der Waals surface area contributed by atoms with E-state index in [1.54, 1.807) is 12.1 Å². The summed E-state index contributed by atoms with van der Waals surface area (Å²) in [6.45, 7) is 2.12. The highest BCUT2D eigenvalue weighted by Crippen LogP contribution is 2.46. The summed E-state index contributed by atoms with van der Waals surface area (Å²) in [5.74, 6) is 0.101. The third kappa shape index (κ3) is 3.00. The number of nitrogens with two attached hydrogens (primary N) is 1. The number of nitrogens with one attached hydrogen (secondary N) is 1. The van der Waals surface area contributed by atoms with Crippen LogP contribution in [-0.2, 0) is 11.2 Å². The number of nitrogens with zero attached hydrogens (tertiary/aromatic N) is 1. The number of anilines is 1. The van der Waals surface area contributed by atoms with Gasteiger partial charge in [-0.15, -0.1) is 0 Å². The second kappa shape index (κ2) is 6.13. The molecule has 0 saturated heterocycles. The van der Waals surface area contributed by atoms with E-state index in [9.17, 15) is 4.79 Å². The summed E-state index contributed by atoms with van der Waals surface area (Å²) in [4.78, 5) is 12.5. The van der Waals surface area contributed by atoms with Crippen molar-refractivity contribution in [3.63, 3.8) is 0 Å². The number of amides is 1. The number of hydrogen-bond acceptors (Lipinski definition) is 4. The largest absolute Gasteiger partial charge is 0.409 e. The van der Waals surface area contributed by atoms with Crippen molar-refractivity contribution < 1.29 is 15.1 Å². The van der Waals surface area contributed by atoms with E-state index in [1.165, 1.54) is 0 Å². The first-order valence-corrected chi connectivity index (χ1v) is 7.01. The van der Waals surface area contributed by atoms with E-state index in [0.717, 1.165) is 5.56 Å². The van der Waals surface area contributed by atoms with Gasteiger partial charge in [0.25, 0.3) is 0 Å². The summed E-state index contributed by atoms with van der Waals surface area (Å²) in [6, 6.07) is 7.27. The van der Waals surface area contributed by atoms with Crippen molar-refractivity contribution in [3.8, 4) is 0 Å². The fraction of sp³-hybridized carbons (Fsp3) is 0.467. The maximum Gasteiger partial charge on any atom is 0.238 e. The number of hydrogen-bond donors (Lipinski definition) is 4. The lowest BCUT2D eigenvalue weighted by atomic mass is 9.61. The van der Waals surface area contributed by atoms with Gasteiger partial charge in [-0.25, -0.2) is 0 Å². The third-order valence-corrected chi connectivity index (χ3v) is 4.04. The molecular formula is C15H21N3O3. The van der Waals surface area contributed by atoms with Crippen LogP contribution >= 0.6 is 0 Å². The minimum atomic E-state index is -0.905. The Morgan fingerprint density at radius 1 is 1.43 bits per heavy atom. The molecule has 0 heterocycles. The van der Waals surface area contributed by atoms with Gasteiger partial charge in [0.2, 0.25) is 5.91 Å². The molecule has 1 aliphatic carbocycles. The van der Waals surface area contributed by atoms with E-state index in [2.05, 4.69) is 10.5 Å². The van der Waals surface area contributed by atoms with Crippen LogP contribution in [0, 0.1) is 11.3 Å². The van der Waals surface area contributed by atoms with Crippen LogP contribution in [0.5, 0.6) is 0 Å². The first kappa shape index (κ1) is 15.3. The van der Waals surface area contributed by atoms with Crippen molar-refractivity contribution in [3.05, 3.63) is 29.8 Å². The zero-order chi connectivity index (χ0) is 15.5. The Hall–Kier alpha value is -2.08. The van der Waals surface area contributed by atoms with Gasteiger partial charge in [0, 0.05) is 12.3 Å². The minimum Gasteiger partial charge on any atom is -0.409 e. The van der Waals surface area contributed by atoms with E-state index in [-0.39, 0.29) is 18.3 Å². The molecule has 0 unspecified atom stereocenters. The first-order valence-electron chi connectivity index (χ1n) is 7.01. The second-order valence-electron chi connectivity index (χ2n) is 5.71. The maximum absolute atomic E-state index is 12.5. The summed E-state index contributed by atoms with van der Waals surface area (Å²) in [7, 11) is 0. The molecule has 0 spiro atoms. The number of rotatable bonds is 5. The van der Waals surface area contributed by atoms with Crippen LogP contribution in [0.1, 0.15) is 25.3 Å². The van der Waals surface area contributed by atoms with Gasteiger partial charge in [0.05, 0.1) is 0 Å². The smallest absolute Gasteiger partial charge is 0.238 e. The molecule has 1 aromatic carbocycles. The van der Waals surface area contributed by atoms with Crippen molar-refractivity contribution in [2.45, 2.75) is 26.2 Å². The van der Waals surface area contributed by atoms with Crippen LogP contribution in [0.25, 0.3) is 0 Å². The van der Waals surface area contributed by atoms with Crippen LogP contribution in [0.15, 0.2) is 29.4 Å². The van der Waals surface area contributed by atoms with Crippen molar-refractivity contribution in [2.24, 2.45) is 22.2 Å². The number of carbonyl (C=O) groups excluding carboxylic acids is 1. The normalized spacial score (nSPS) is 25.2. The Morgan fingerprint density at radius 3 is 2.52 bits per heavy atom. The predicted molar refractivity (Wildman–Crippen MR) is 80.1 cm³/mol. The summed E-state index contributed by atoms with van der Waals surface area (Å²) in [6.07, 6.45) is 1.74. The molecule has 1 saturated carbocycles. The Morgan fingerprint density at radius 2 is 2.05 bits per heavy atom. The van der Waals surface area contributed by atoms with Crippen LogP contribution in [0.2, 0.25) is 0 Å². The molecule has 2 rings (SSSR count). The number of benzene rings is 1. The van der Waals surface area contributed by atoms with Crippen LogP contribution in [0.4, 0.5) is 5.69 Å². The summed E-state index contributed by atoms with van der Waals surface area (Å²) >= 11 is 0. The van der Waals surface area contributed by atoms with E-state index in [4.69, 9.17) is 16.0 Å². The zero-order valence-corrected chi connectivity index (χ0v) is 12.0. The van der Waals surface area contributed by atoms with Crippen molar-refractivity contribution in [1.82, 2.24) is 0 Å². The van der Waals surface area contributed by atoms with Crippen molar-refractivity contribution in [2.75, 3.05) is 11.9 Å². The molecule has 1 amide bonds. The zero-order valence-electron chi connectivity index (χ0n) is 12.0. The van der Waals surface area contributed by atoms with Gasteiger partial charge < -0.3 is 21.4 Å². The minimum absolute atomic E-state index is 0.0324. The number of amidine groups is 1. The van der Waals surface area contributed by atoms with Gasteiger partial charge in [-0.3, -0.25) is 4.79 Å². The molecule has 5 N–H and O–H groups in total. The first-order chi connectivity index (χ1) is 10.0. The van der Waals surface area contributed by atoms with Gasteiger partial charge in [0.1, 0.15) is 5.41 Å². The molecule has 1 fully saturated rings. The average molecular weight is 291 g/mol. The lowest BCUT2D eigenvalue weighted by Gasteiger charge is -2.43. The molecule has 0 atom stereocenters. The van der Waals surface area contributed by atoms with Crippen molar-refractivity contribution >= 4 is 17.4 Å². The molecule has 6 nitrogen and oxygen atoms in total. The van der Waals surface area contributed by atoms with Gasteiger partial charge >= 0.3 is 0 Å². The van der Waals surface area contributed by atoms with Crippen LogP contribution in [0.3, 0.4) is 0 Å². The highest BCUT2D eigenvalue weighted by atomic mass is 16.4. The summed E-state index contributed by atoms with van der Waals surface area (Å²) < 4.78 is 0. The van der Waals surface area contributed by atoms with E-state index in [0.29, 0.717) is 30.9 Å². The molecule has 114 valence electrons. The molecule has 0 aromatic heterocycles. The summed E-state index contributed by atoms with van der Waals surface area (Å²) in [5, 5.41) is 23.6. The van der Waals surface area contributed by atoms with Crippen molar-refractivity contribution in [1.29, 1.82) is 0 Å². The molecule has 1 aromatic rings. The molecule has 1 aliphatic rings. The highest BCUT2D eigenvalue weighted by molar-refractivity contribution is 6.12. The second-order valence-corrected chi connectivity index (χ2v) is 5.71. The molecule has 0 bridgehead atoms. The number of aliphatic hydroxyl groups excluding tert-OH is 1. The Kier molecular flexibility index (Phi) is 4.47.